The number of nitrogens with zero attached hydrogens (tertiary/aromatic N) is 3. The summed E-state index contributed by atoms with van der Waals surface area (Å²) < 4.78 is 29.9. The van der Waals surface area contributed by atoms with Gasteiger partial charge in [0.25, 0.3) is 0 Å². The Labute approximate surface area is 222 Å². The van der Waals surface area contributed by atoms with Gasteiger partial charge in [-0.15, -0.1) is 0 Å². The topological polar surface area (TPSA) is 64.1 Å². The molecule has 0 saturated carbocycles. The average Bonchev–Trinajstić information content (AvgIpc) is 2.93. The number of benzene rings is 3. The lowest BCUT2D eigenvalue weighted by molar-refractivity contribution is -0.131. The molecule has 4 aromatic rings. The quantitative estimate of drug-likeness (QED) is 0.287. The molecule has 0 aliphatic carbocycles. The number of aromatic nitrogens is 1. The fourth-order valence-electron chi connectivity index (χ4n) is 4.36. The first-order chi connectivity index (χ1) is 18.3. The Morgan fingerprint density at radius 1 is 0.816 bits per heavy atom. The third-order valence-corrected chi connectivity index (χ3v) is 6.34. The minimum atomic E-state index is -0.335. The SMILES string of the molecule is COc1ccc(CN(Cc2cc3c(OC)ccc(OC)c3nc2N(C)C)C(=O)Cc2ccc(F)cc2)cc1. The van der Waals surface area contributed by atoms with Crippen LogP contribution in [0.2, 0.25) is 0 Å². The van der Waals surface area contributed by atoms with Crippen molar-refractivity contribution in [3.63, 3.8) is 0 Å². The van der Waals surface area contributed by atoms with Crippen LogP contribution >= 0.6 is 0 Å². The van der Waals surface area contributed by atoms with Crippen molar-refractivity contribution in [2.75, 3.05) is 40.3 Å². The van der Waals surface area contributed by atoms with Gasteiger partial charge in [0, 0.05) is 38.1 Å². The normalized spacial score (nSPS) is 10.8. The molecule has 0 aliphatic rings. The van der Waals surface area contributed by atoms with Gasteiger partial charge in [-0.1, -0.05) is 24.3 Å². The van der Waals surface area contributed by atoms with Crippen LogP contribution in [0.25, 0.3) is 10.9 Å². The summed E-state index contributed by atoms with van der Waals surface area (Å²) in [5, 5.41) is 0.794. The summed E-state index contributed by atoms with van der Waals surface area (Å²) in [4.78, 5) is 22.2. The number of carbonyl (C=O) groups is 1. The maximum absolute atomic E-state index is 13.6. The van der Waals surface area contributed by atoms with E-state index < -0.39 is 0 Å². The monoisotopic (exact) mass is 517 g/mol. The Morgan fingerprint density at radius 3 is 2.05 bits per heavy atom. The van der Waals surface area contributed by atoms with Gasteiger partial charge in [0.2, 0.25) is 5.91 Å². The van der Waals surface area contributed by atoms with E-state index in [1.807, 2.05) is 61.5 Å². The summed E-state index contributed by atoms with van der Waals surface area (Å²) in [6.45, 7) is 0.688. The van der Waals surface area contributed by atoms with Gasteiger partial charge in [-0.2, -0.15) is 0 Å². The van der Waals surface area contributed by atoms with Crippen molar-refractivity contribution in [1.29, 1.82) is 0 Å². The van der Waals surface area contributed by atoms with Crippen LogP contribution in [0.1, 0.15) is 16.7 Å². The predicted octanol–water partition coefficient (Wildman–Crippen LogP) is 5.24. The Hall–Kier alpha value is -4.33. The van der Waals surface area contributed by atoms with Crippen LogP contribution in [0.15, 0.2) is 66.7 Å². The van der Waals surface area contributed by atoms with Gasteiger partial charge in [-0.25, -0.2) is 9.37 Å². The zero-order valence-electron chi connectivity index (χ0n) is 22.3. The van der Waals surface area contributed by atoms with Gasteiger partial charge in [-0.3, -0.25) is 4.79 Å². The maximum Gasteiger partial charge on any atom is 0.227 e. The van der Waals surface area contributed by atoms with Crippen molar-refractivity contribution >= 4 is 22.6 Å². The second-order valence-electron chi connectivity index (χ2n) is 9.13. The van der Waals surface area contributed by atoms with E-state index >= 15 is 0 Å². The number of amides is 1. The molecular formula is C30H32FN3O4. The lowest BCUT2D eigenvalue weighted by Gasteiger charge is -2.26. The summed E-state index contributed by atoms with van der Waals surface area (Å²) >= 11 is 0. The van der Waals surface area contributed by atoms with Gasteiger partial charge < -0.3 is 24.0 Å². The molecule has 0 saturated heterocycles. The Kier molecular flexibility index (Phi) is 8.31. The first kappa shape index (κ1) is 26.7. The zero-order chi connectivity index (χ0) is 27.2. The number of carbonyl (C=O) groups excluding carboxylic acids is 1. The lowest BCUT2D eigenvalue weighted by atomic mass is 10.1. The van der Waals surface area contributed by atoms with Crippen LogP contribution in [0, 0.1) is 5.82 Å². The molecule has 1 amide bonds. The molecule has 38 heavy (non-hydrogen) atoms. The first-order valence-electron chi connectivity index (χ1n) is 12.2. The van der Waals surface area contributed by atoms with Crippen LogP contribution < -0.4 is 19.1 Å². The average molecular weight is 518 g/mol. The molecule has 0 spiro atoms. The van der Waals surface area contributed by atoms with Crippen molar-refractivity contribution in [1.82, 2.24) is 9.88 Å². The Bertz CT molecular complexity index is 1410. The Balaban J connectivity index is 1.75. The molecule has 8 heteroatoms. The molecule has 0 aliphatic heterocycles. The second-order valence-corrected chi connectivity index (χ2v) is 9.13. The van der Waals surface area contributed by atoms with E-state index in [0.717, 1.165) is 33.6 Å². The number of rotatable bonds is 10. The number of methoxy groups -OCH3 is 3. The van der Waals surface area contributed by atoms with Crippen LogP contribution in [0.3, 0.4) is 0 Å². The molecule has 0 atom stereocenters. The first-order valence-corrected chi connectivity index (χ1v) is 12.2. The summed E-state index contributed by atoms with van der Waals surface area (Å²) in [6, 6.07) is 19.3. The standard InChI is InChI=1S/C30H32FN3O4/c1-33(2)30-22(17-25-26(37-4)14-15-27(38-5)29(25)32-30)19-34(18-21-8-12-24(36-3)13-9-21)28(35)16-20-6-10-23(31)11-7-20/h6-15,17H,16,18-19H2,1-5H3. The van der Waals surface area contributed by atoms with Gasteiger partial charge in [-0.05, 0) is 53.6 Å². The number of hydrogen-bond acceptors (Lipinski definition) is 6. The van der Waals surface area contributed by atoms with Crippen LogP contribution in [0.5, 0.6) is 17.2 Å². The number of pyridine rings is 1. The van der Waals surface area contributed by atoms with Gasteiger partial charge in [0.15, 0.2) is 0 Å². The van der Waals surface area contributed by atoms with E-state index in [0.29, 0.717) is 30.1 Å². The summed E-state index contributed by atoms with van der Waals surface area (Å²) in [7, 11) is 8.67. The van der Waals surface area contributed by atoms with E-state index in [9.17, 15) is 9.18 Å². The molecule has 0 radical (unpaired) electrons. The minimum absolute atomic E-state index is 0.0881. The number of halogens is 1. The van der Waals surface area contributed by atoms with Gasteiger partial charge in [0.1, 0.15) is 34.4 Å². The number of ether oxygens (including phenoxy) is 3. The van der Waals surface area contributed by atoms with Crippen LogP contribution in [0.4, 0.5) is 10.2 Å². The molecule has 3 aromatic carbocycles. The molecular weight excluding hydrogens is 485 g/mol. The number of hydrogen-bond donors (Lipinski definition) is 0. The highest BCUT2D eigenvalue weighted by molar-refractivity contribution is 5.92. The molecule has 0 unspecified atom stereocenters. The zero-order valence-corrected chi connectivity index (χ0v) is 22.3. The highest BCUT2D eigenvalue weighted by atomic mass is 19.1. The second kappa shape index (κ2) is 11.8. The molecule has 1 aromatic heterocycles. The molecule has 7 nitrogen and oxygen atoms in total. The van der Waals surface area contributed by atoms with Crippen molar-refractivity contribution in [3.8, 4) is 17.2 Å². The van der Waals surface area contributed by atoms with Crippen LogP contribution in [-0.4, -0.2) is 51.2 Å². The summed E-state index contributed by atoms with van der Waals surface area (Å²) in [5.74, 6) is 2.34. The fourth-order valence-corrected chi connectivity index (χ4v) is 4.36. The van der Waals surface area contributed by atoms with Crippen molar-refractivity contribution in [2.45, 2.75) is 19.5 Å². The molecule has 1 heterocycles. The van der Waals surface area contributed by atoms with Gasteiger partial charge >= 0.3 is 0 Å². The minimum Gasteiger partial charge on any atom is -0.497 e. The molecule has 198 valence electrons. The largest absolute Gasteiger partial charge is 0.497 e. The van der Waals surface area contributed by atoms with Gasteiger partial charge in [0.05, 0.1) is 27.8 Å². The van der Waals surface area contributed by atoms with E-state index in [-0.39, 0.29) is 18.1 Å². The predicted molar refractivity (Wildman–Crippen MR) is 147 cm³/mol. The Morgan fingerprint density at radius 2 is 1.45 bits per heavy atom. The van der Waals surface area contributed by atoms with Crippen molar-refractivity contribution in [2.24, 2.45) is 0 Å². The van der Waals surface area contributed by atoms with Crippen molar-refractivity contribution < 1.29 is 23.4 Å². The molecule has 0 N–H and O–H groups in total. The fraction of sp³-hybridized carbons (Fsp3) is 0.267. The maximum atomic E-state index is 13.6. The van der Waals surface area contributed by atoms with E-state index in [1.165, 1.54) is 12.1 Å². The van der Waals surface area contributed by atoms with E-state index in [2.05, 4.69) is 0 Å². The molecule has 4 rings (SSSR count). The third kappa shape index (κ3) is 5.96. The third-order valence-electron chi connectivity index (χ3n) is 6.34. The highest BCUT2D eigenvalue weighted by Crippen LogP contribution is 2.35. The molecule has 0 bridgehead atoms. The van der Waals surface area contributed by atoms with Crippen molar-refractivity contribution in [3.05, 3.63) is 89.2 Å². The lowest BCUT2D eigenvalue weighted by Crippen LogP contribution is -2.32. The van der Waals surface area contributed by atoms with E-state index in [4.69, 9.17) is 19.2 Å². The highest BCUT2D eigenvalue weighted by Gasteiger charge is 2.21. The number of fused-ring (bicyclic) bond motifs is 1. The van der Waals surface area contributed by atoms with E-state index in [1.54, 1.807) is 38.4 Å². The molecule has 0 fully saturated rings. The summed E-state index contributed by atoms with van der Waals surface area (Å²) in [6.07, 6.45) is 0.145. The summed E-state index contributed by atoms with van der Waals surface area (Å²) in [5.41, 5.74) is 3.23. The smallest absolute Gasteiger partial charge is 0.227 e. The van der Waals surface area contributed by atoms with Crippen LogP contribution in [-0.2, 0) is 24.3 Å². The number of anilines is 1.